The fraction of sp³-hybridized carbons (Fsp3) is 0.950. The lowest BCUT2D eigenvalue weighted by molar-refractivity contribution is -0.802. The fourth-order valence-electron chi connectivity index (χ4n) is 2.67. The molecule has 0 bridgehead atoms. The minimum Gasteiger partial charge on any atom is -0.635 e. The van der Waals surface area contributed by atoms with E-state index in [0.717, 1.165) is 6.42 Å². The Kier molecular flexibility index (Phi) is 23.9. The lowest BCUT2D eigenvalue weighted by atomic mass is 10.0. The summed E-state index contributed by atoms with van der Waals surface area (Å²) >= 11 is 0. The van der Waals surface area contributed by atoms with Crippen LogP contribution in [0.25, 0.3) is 0 Å². The summed E-state index contributed by atoms with van der Waals surface area (Å²) in [6, 6.07) is 0. The number of rotatable bonds is 16. The van der Waals surface area contributed by atoms with Crippen molar-refractivity contribution in [1.29, 1.82) is 0 Å². The van der Waals surface area contributed by atoms with Crippen LogP contribution in [0.1, 0.15) is 110 Å². The third kappa shape index (κ3) is 33.1. The van der Waals surface area contributed by atoms with Crippen LogP contribution in [0.3, 0.4) is 0 Å². The van der Waals surface area contributed by atoms with Crippen LogP contribution in [0.15, 0.2) is 0 Å². The summed E-state index contributed by atoms with van der Waals surface area (Å²) < 4.78 is 0. The second kappa shape index (κ2) is 22.4. The van der Waals surface area contributed by atoms with Crippen LogP contribution in [-0.2, 0) is 4.79 Å². The highest BCUT2D eigenvalue weighted by molar-refractivity contribution is 5.73. The van der Waals surface area contributed by atoms with Crippen LogP contribution in [0.4, 0.5) is 0 Å². The molecular weight excluding hydrogens is 300 g/mol. The Morgan fingerprint density at radius 3 is 1.21 bits per heavy atom. The van der Waals surface area contributed by atoms with Gasteiger partial charge in [-0.15, -0.1) is 0 Å². The fourth-order valence-corrected chi connectivity index (χ4v) is 2.67. The maximum atomic E-state index is 10.6. The van der Waals surface area contributed by atoms with Gasteiger partial charge in [0.15, 0.2) is 0 Å². The maximum Gasteiger partial charge on any atom is 0.217 e. The molecular formula is C20H44N2O2. The molecule has 1 amide bonds. The van der Waals surface area contributed by atoms with Crippen molar-refractivity contribution >= 4 is 5.91 Å². The highest BCUT2D eigenvalue weighted by atomic mass is 16.5. The zero-order chi connectivity index (χ0) is 18.5. The molecule has 0 aliphatic carbocycles. The van der Waals surface area contributed by atoms with Crippen molar-refractivity contribution in [3.8, 4) is 0 Å². The normalized spacial score (nSPS) is 10.5. The molecule has 4 heteroatoms. The lowest BCUT2D eigenvalue weighted by Crippen LogP contribution is -3.00. The number of hydrogen-bond acceptors (Lipinski definition) is 2. The number of carbonyl (C=O) groups excluding carboxylic acids is 1. The Labute approximate surface area is 151 Å². The van der Waals surface area contributed by atoms with Crippen molar-refractivity contribution < 1.29 is 9.86 Å². The minimum atomic E-state index is -0.153. The quantitative estimate of drug-likeness (QED) is 0.322. The van der Waals surface area contributed by atoms with Crippen molar-refractivity contribution in [1.82, 2.24) is 0 Å². The van der Waals surface area contributed by atoms with Crippen LogP contribution in [0.5, 0.6) is 0 Å². The summed E-state index contributed by atoms with van der Waals surface area (Å²) in [6.07, 6.45) is 20.9. The average molecular weight is 345 g/mol. The van der Waals surface area contributed by atoms with Gasteiger partial charge >= 0.3 is 0 Å². The molecule has 0 aromatic carbocycles. The van der Waals surface area contributed by atoms with E-state index in [1.165, 1.54) is 104 Å². The maximum absolute atomic E-state index is 10.6. The van der Waals surface area contributed by atoms with Gasteiger partial charge in [-0.1, -0.05) is 96.8 Å². The van der Waals surface area contributed by atoms with Crippen LogP contribution >= 0.6 is 0 Å². The molecule has 0 heterocycles. The van der Waals surface area contributed by atoms with Crippen LogP contribution in [0, 0.1) is 5.21 Å². The van der Waals surface area contributed by atoms with Crippen molar-refractivity contribution in [2.24, 2.45) is 5.73 Å². The summed E-state index contributed by atoms with van der Waals surface area (Å²) in [5.74, 6) is -0.153. The lowest BCUT2D eigenvalue weighted by Gasteiger charge is -2.04. The Balaban J connectivity index is 0. The molecule has 0 aliphatic heterocycles. The number of primary amides is 1. The molecule has 3 N–H and O–H groups in total. The molecule has 4 nitrogen and oxygen atoms in total. The monoisotopic (exact) mass is 344 g/mol. The number of hydrogen-bond donors (Lipinski definition) is 2. The summed E-state index contributed by atoms with van der Waals surface area (Å²) in [7, 11) is 3.06. The van der Waals surface area contributed by atoms with Gasteiger partial charge in [0.2, 0.25) is 5.91 Å². The molecule has 0 spiro atoms. The van der Waals surface area contributed by atoms with Crippen LogP contribution in [-0.4, -0.2) is 20.0 Å². The molecule has 0 rings (SSSR count). The first-order valence-corrected chi connectivity index (χ1v) is 10.3. The summed E-state index contributed by atoms with van der Waals surface area (Å²) in [5.41, 5.74) is 5.11. The SMILES string of the molecule is CCCCCCCCCCCCCCCCCC(N)=O.C[NH+](C)[O-]. The third-order valence-corrected chi connectivity index (χ3v) is 4.03. The molecule has 0 aliphatic rings. The molecule has 0 fully saturated rings. The van der Waals surface area contributed by atoms with E-state index in [1.54, 1.807) is 0 Å². The Hall–Kier alpha value is -0.610. The van der Waals surface area contributed by atoms with Gasteiger partial charge in [-0.05, 0) is 6.42 Å². The van der Waals surface area contributed by atoms with Gasteiger partial charge in [0.25, 0.3) is 0 Å². The second-order valence-corrected chi connectivity index (χ2v) is 7.07. The highest BCUT2D eigenvalue weighted by Gasteiger charge is 1.96. The van der Waals surface area contributed by atoms with Crippen molar-refractivity contribution in [2.45, 2.75) is 110 Å². The van der Waals surface area contributed by atoms with Gasteiger partial charge in [-0.2, -0.15) is 0 Å². The molecule has 0 radical (unpaired) electrons. The van der Waals surface area contributed by atoms with E-state index in [4.69, 9.17) is 5.73 Å². The second-order valence-electron chi connectivity index (χ2n) is 7.07. The standard InChI is InChI=1S/C18H37NO.C2H7NO/c1-2-3-4-5-6-7-8-9-10-11-12-13-14-15-16-17-18(19)20;1-3(2)4/h2-17H2,1H3,(H2,19,20);3H,1-2H3. The largest absolute Gasteiger partial charge is 0.635 e. The number of nitrogens with two attached hydrogens (primary N) is 1. The molecule has 0 atom stereocenters. The molecule has 0 unspecified atom stereocenters. The summed E-state index contributed by atoms with van der Waals surface area (Å²) in [5, 5.41) is 9.61. The molecule has 0 aromatic heterocycles. The first-order valence-electron chi connectivity index (χ1n) is 10.3. The van der Waals surface area contributed by atoms with Gasteiger partial charge in [0, 0.05) is 6.42 Å². The Morgan fingerprint density at radius 2 is 0.958 bits per heavy atom. The predicted octanol–water partition coefficient (Wildman–Crippen LogP) is 4.36. The van der Waals surface area contributed by atoms with E-state index in [1.807, 2.05) is 0 Å². The first kappa shape index (κ1) is 25.6. The number of amides is 1. The zero-order valence-corrected chi connectivity index (χ0v) is 16.7. The minimum absolute atomic E-state index is 0.153. The van der Waals surface area contributed by atoms with Crippen molar-refractivity contribution in [3.05, 3.63) is 5.21 Å². The van der Waals surface area contributed by atoms with E-state index in [9.17, 15) is 10.0 Å². The number of carbonyl (C=O) groups is 1. The number of unbranched alkanes of at least 4 members (excludes halogenated alkanes) is 14. The Bertz CT molecular complexity index is 243. The molecule has 24 heavy (non-hydrogen) atoms. The van der Waals surface area contributed by atoms with E-state index in [-0.39, 0.29) is 11.0 Å². The molecule has 0 aromatic rings. The number of nitrogens with one attached hydrogen (secondary N) is 1. The van der Waals surface area contributed by atoms with Gasteiger partial charge in [0.1, 0.15) is 0 Å². The first-order chi connectivity index (χ1) is 11.5. The van der Waals surface area contributed by atoms with Crippen molar-refractivity contribution in [3.63, 3.8) is 0 Å². The van der Waals surface area contributed by atoms with Gasteiger partial charge in [-0.3, -0.25) is 4.79 Å². The van der Waals surface area contributed by atoms with Crippen LogP contribution < -0.4 is 10.8 Å². The Morgan fingerprint density at radius 1 is 0.708 bits per heavy atom. The van der Waals surface area contributed by atoms with Gasteiger partial charge in [0.05, 0.1) is 14.1 Å². The van der Waals surface area contributed by atoms with E-state index < -0.39 is 0 Å². The number of quaternary nitrogens is 1. The van der Waals surface area contributed by atoms with Gasteiger partial charge in [-0.25, -0.2) is 0 Å². The van der Waals surface area contributed by atoms with Crippen LogP contribution in [0.2, 0.25) is 0 Å². The number of hydroxylamine groups is 2. The van der Waals surface area contributed by atoms with E-state index >= 15 is 0 Å². The predicted molar refractivity (Wildman–Crippen MR) is 105 cm³/mol. The highest BCUT2D eigenvalue weighted by Crippen LogP contribution is 2.13. The zero-order valence-electron chi connectivity index (χ0n) is 16.7. The molecule has 0 saturated heterocycles. The smallest absolute Gasteiger partial charge is 0.217 e. The average Bonchev–Trinajstić information content (AvgIpc) is 2.50. The van der Waals surface area contributed by atoms with Gasteiger partial charge < -0.3 is 16.0 Å². The third-order valence-electron chi connectivity index (χ3n) is 4.03. The topological polar surface area (TPSA) is 70.6 Å². The van der Waals surface area contributed by atoms with E-state index in [2.05, 4.69) is 6.92 Å². The summed E-state index contributed by atoms with van der Waals surface area (Å²) in [4.78, 5) is 10.6. The summed E-state index contributed by atoms with van der Waals surface area (Å²) in [6.45, 7) is 2.28. The molecule has 146 valence electrons. The van der Waals surface area contributed by atoms with E-state index in [0.29, 0.717) is 6.42 Å². The molecule has 0 saturated carbocycles. The van der Waals surface area contributed by atoms with Crippen molar-refractivity contribution in [2.75, 3.05) is 14.1 Å².